The Morgan fingerprint density at radius 1 is 1.44 bits per heavy atom. The number of hydrogen-bond donors (Lipinski definition) is 2. The fraction of sp³-hybridized carbons (Fsp3) is 0.118. The number of benzene rings is 1. The number of aromatic nitrogens is 2. The van der Waals surface area contributed by atoms with Gasteiger partial charge in [-0.3, -0.25) is 14.2 Å². The predicted octanol–water partition coefficient (Wildman–Crippen LogP) is 1.18. The second-order valence-electron chi connectivity index (χ2n) is 5.07. The summed E-state index contributed by atoms with van der Waals surface area (Å²) in [7, 11) is 1.39. The number of halogens is 1. The summed E-state index contributed by atoms with van der Waals surface area (Å²) in [4.78, 5) is 36.4. The predicted molar refractivity (Wildman–Crippen MR) is 101 cm³/mol. The molecule has 0 aliphatic rings. The van der Waals surface area contributed by atoms with Crippen LogP contribution in [0.2, 0.25) is 0 Å². The largest absolute Gasteiger partial charge is 0.383 e. The van der Waals surface area contributed by atoms with Crippen LogP contribution in [0.25, 0.3) is 6.08 Å². The number of rotatable bonds is 4. The Labute approximate surface area is 151 Å². The molecule has 0 fully saturated rings. The van der Waals surface area contributed by atoms with Gasteiger partial charge in [-0.1, -0.05) is 34.0 Å². The number of amides is 1. The zero-order valence-corrected chi connectivity index (χ0v) is 14.9. The SMILES string of the molecule is C#CCn1c(=O)c(NC(=O)/C=C/c2cccc(Br)c2)c(N)n(C)c1=O. The topological polar surface area (TPSA) is 99.1 Å². The molecule has 0 radical (unpaired) electrons. The molecule has 0 aliphatic carbocycles. The van der Waals surface area contributed by atoms with E-state index in [-0.39, 0.29) is 18.1 Å². The van der Waals surface area contributed by atoms with Crippen LogP contribution in [-0.4, -0.2) is 15.0 Å². The number of carbonyl (C=O) groups is 1. The number of carbonyl (C=O) groups excluding carboxylic acids is 1. The smallest absolute Gasteiger partial charge is 0.333 e. The van der Waals surface area contributed by atoms with Crippen molar-refractivity contribution in [2.75, 3.05) is 11.1 Å². The first-order valence-electron chi connectivity index (χ1n) is 7.12. The second-order valence-corrected chi connectivity index (χ2v) is 5.99. The van der Waals surface area contributed by atoms with Gasteiger partial charge in [0.2, 0.25) is 5.91 Å². The zero-order chi connectivity index (χ0) is 18.6. The van der Waals surface area contributed by atoms with E-state index < -0.39 is 17.2 Å². The van der Waals surface area contributed by atoms with E-state index in [4.69, 9.17) is 12.2 Å². The number of nitrogens with one attached hydrogen (secondary N) is 1. The molecule has 0 atom stereocenters. The fourth-order valence-electron chi connectivity index (χ4n) is 2.08. The lowest BCUT2D eigenvalue weighted by molar-refractivity contribution is -0.111. The van der Waals surface area contributed by atoms with Gasteiger partial charge in [-0.05, 0) is 23.8 Å². The molecule has 7 nitrogen and oxygen atoms in total. The van der Waals surface area contributed by atoms with E-state index >= 15 is 0 Å². The second kappa shape index (κ2) is 7.68. The highest BCUT2D eigenvalue weighted by molar-refractivity contribution is 9.10. The molecule has 1 amide bonds. The van der Waals surface area contributed by atoms with Crippen LogP contribution in [0, 0.1) is 12.3 Å². The number of anilines is 2. The maximum absolute atomic E-state index is 12.3. The Hall–Kier alpha value is -3.05. The normalized spacial score (nSPS) is 10.6. The minimum absolute atomic E-state index is 0.146. The molecule has 3 N–H and O–H groups in total. The number of nitrogens with zero attached hydrogens (tertiary/aromatic N) is 2. The van der Waals surface area contributed by atoms with Crippen LogP contribution in [0.15, 0.2) is 44.4 Å². The van der Waals surface area contributed by atoms with Crippen LogP contribution in [0.3, 0.4) is 0 Å². The first-order chi connectivity index (χ1) is 11.8. The van der Waals surface area contributed by atoms with Crippen molar-refractivity contribution in [3.8, 4) is 12.3 Å². The number of nitrogen functional groups attached to an aromatic ring is 1. The van der Waals surface area contributed by atoms with Gasteiger partial charge in [0.15, 0.2) is 0 Å². The molecule has 1 heterocycles. The third-order valence-corrected chi connectivity index (χ3v) is 3.86. The molecule has 0 aliphatic heterocycles. The first-order valence-corrected chi connectivity index (χ1v) is 7.92. The Morgan fingerprint density at radius 3 is 2.80 bits per heavy atom. The van der Waals surface area contributed by atoms with Crippen molar-refractivity contribution in [2.24, 2.45) is 7.05 Å². The van der Waals surface area contributed by atoms with Crippen molar-refractivity contribution in [3.05, 3.63) is 61.2 Å². The number of hydrogen-bond acceptors (Lipinski definition) is 4. The van der Waals surface area contributed by atoms with Crippen LogP contribution < -0.4 is 22.3 Å². The molecule has 25 heavy (non-hydrogen) atoms. The molecule has 0 bridgehead atoms. The van der Waals surface area contributed by atoms with Gasteiger partial charge in [0.1, 0.15) is 11.5 Å². The van der Waals surface area contributed by atoms with Gasteiger partial charge in [0.25, 0.3) is 5.56 Å². The molecular formula is C17H15BrN4O3. The van der Waals surface area contributed by atoms with Crippen molar-refractivity contribution >= 4 is 39.4 Å². The Kier molecular flexibility index (Phi) is 5.62. The van der Waals surface area contributed by atoms with Gasteiger partial charge in [-0.2, -0.15) is 0 Å². The highest BCUT2D eigenvalue weighted by atomic mass is 79.9. The Bertz CT molecular complexity index is 1010. The lowest BCUT2D eigenvalue weighted by atomic mass is 10.2. The molecule has 0 saturated heterocycles. The Balaban J connectivity index is 2.34. The minimum atomic E-state index is -0.747. The van der Waals surface area contributed by atoms with Crippen LogP contribution in [0.1, 0.15) is 5.56 Å². The van der Waals surface area contributed by atoms with Crippen molar-refractivity contribution in [2.45, 2.75) is 6.54 Å². The standard InChI is InChI=1S/C17H15BrN4O3/c1-3-9-22-16(24)14(15(19)21(2)17(22)25)20-13(23)8-7-11-5-4-6-12(18)10-11/h1,4-8,10H,9,19H2,2H3,(H,20,23)/b8-7+. The Morgan fingerprint density at radius 2 is 2.16 bits per heavy atom. The summed E-state index contributed by atoms with van der Waals surface area (Å²) >= 11 is 3.34. The van der Waals surface area contributed by atoms with E-state index in [0.29, 0.717) is 0 Å². The molecule has 8 heteroatoms. The third kappa shape index (κ3) is 4.08. The van der Waals surface area contributed by atoms with Crippen LogP contribution in [0.4, 0.5) is 11.5 Å². The summed E-state index contributed by atoms with van der Waals surface area (Å²) in [5, 5.41) is 2.41. The lowest BCUT2D eigenvalue weighted by Gasteiger charge is -2.12. The van der Waals surface area contributed by atoms with Crippen LogP contribution in [0.5, 0.6) is 0 Å². The van der Waals surface area contributed by atoms with Gasteiger partial charge < -0.3 is 11.1 Å². The summed E-state index contributed by atoms with van der Waals surface area (Å²) in [5.41, 5.74) is 4.98. The zero-order valence-electron chi connectivity index (χ0n) is 13.3. The molecule has 2 aromatic rings. The maximum Gasteiger partial charge on any atom is 0.333 e. The lowest BCUT2D eigenvalue weighted by Crippen LogP contribution is -2.41. The van der Waals surface area contributed by atoms with Crippen molar-refractivity contribution < 1.29 is 4.79 Å². The van der Waals surface area contributed by atoms with Crippen LogP contribution in [-0.2, 0) is 18.4 Å². The quantitative estimate of drug-likeness (QED) is 0.592. The molecule has 1 aromatic carbocycles. The number of terminal acetylenes is 1. The molecule has 1 aromatic heterocycles. The molecule has 0 unspecified atom stereocenters. The average molecular weight is 403 g/mol. The van der Waals surface area contributed by atoms with Gasteiger partial charge >= 0.3 is 5.69 Å². The van der Waals surface area contributed by atoms with Crippen molar-refractivity contribution in [1.29, 1.82) is 0 Å². The van der Waals surface area contributed by atoms with E-state index in [0.717, 1.165) is 19.2 Å². The average Bonchev–Trinajstić information content (AvgIpc) is 2.59. The van der Waals surface area contributed by atoms with E-state index in [2.05, 4.69) is 27.2 Å². The summed E-state index contributed by atoms with van der Waals surface area (Å²) in [6.45, 7) is -0.220. The molecular weight excluding hydrogens is 388 g/mol. The van der Waals surface area contributed by atoms with E-state index in [1.54, 1.807) is 6.08 Å². The highest BCUT2D eigenvalue weighted by Crippen LogP contribution is 2.13. The van der Waals surface area contributed by atoms with Gasteiger partial charge in [0, 0.05) is 17.6 Å². The van der Waals surface area contributed by atoms with E-state index in [1.165, 1.54) is 13.1 Å². The van der Waals surface area contributed by atoms with E-state index in [1.807, 2.05) is 24.3 Å². The summed E-state index contributed by atoms with van der Waals surface area (Å²) in [6.07, 6.45) is 8.01. The minimum Gasteiger partial charge on any atom is -0.383 e. The first kappa shape index (κ1) is 18.3. The van der Waals surface area contributed by atoms with Crippen molar-refractivity contribution in [3.63, 3.8) is 0 Å². The maximum atomic E-state index is 12.3. The van der Waals surface area contributed by atoms with Crippen LogP contribution >= 0.6 is 15.9 Å². The third-order valence-electron chi connectivity index (χ3n) is 3.37. The van der Waals surface area contributed by atoms with Gasteiger partial charge in [0.05, 0.1) is 6.54 Å². The summed E-state index contributed by atoms with van der Waals surface area (Å²) in [6, 6.07) is 7.32. The molecule has 128 valence electrons. The van der Waals surface area contributed by atoms with E-state index in [9.17, 15) is 14.4 Å². The van der Waals surface area contributed by atoms with Crippen molar-refractivity contribution in [1.82, 2.24) is 9.13 Å². The molecule has 0 saturated carbocycles. The van der Waals surface area contributed by atoms with Gasteiger partial charge in [-0.15, -0.1) is 6.42 Å². The monoisotopic (exact) mass is 402 g/mol. The summed E-state index contributed by atoms with van der Waals surface area (Å²) < 4.78 is 2.74. The highest BCUT2D eigenvalue weighted by Gasteiger charge is 2.16. The fourth-order valence-corrected chi connectivity index (χ4v) is 2.50. The van der Waals surface area contributed by atoms with Gasteiger partial charge in [-0.25, -0.2) is 9.36 Å². The molecule has 2 rings (SSSR count). The summed E-state index contributed by atoms with van der Waals surface area (Å²) in [5.74, 6) is 1.52. The molecule has 0 spiro atoms. The number of nitrogens with two attached hydrogens (primary N) is 1.